The third kappa shape index (κ3) is 6.46. The third-order valence-electron chi connectivity index (χ3n) is 4.85. The molecule has 0 saturated carbocycles. The Labute approximate surface area is 216 Å². The van der Waals surface area contributed by atoms with Crippen LogP contribution in [0.4, 0.5) is 0 Å². The molecule has 1 N–H and O–H groups in total. The highest BCUT2D eigenvalue weighted by atomic mass is 79.9. The second kappa shape index (κ2) is 12.1. The van der Waals surface area contributed by atoms with Gasteiger partial charge in [0.2, 0.25) is 0 Å². The Balaban J connectivity index is 1.42. The zero-order chi connectivity index (χ0) is 24.5. The van der Waals surface area contributed by atoms with Crippen LogP contribution in [0.1, 0.15) is 5.56 Å². The van der Waals surface area contributed by atoms with Crippen molar-refractivity contribution in [3.8, 4) is 22.8 Å². The summed E-state index contributed by atoms with van der Waals surface area (Å²) in [4.78, 5) is 12.4. The zero-order valence-corrected chi connectivity index (χ0v) is 21.2. The molecule has 7 nitrogen and oxygen atoms in total. The third-order valence-corrected chi connectivity index (χ3v) is 6.30. The Morgan fingerprint density at radius 1 is 1.06 bits per heavy atom. The van der Waals surface area contributed by atoms with Crippen LogP contribution >= 0.6 is 27.7 Å². The monoisotopic (exact) mass is 547 g/mol. The number of hydrogen-bond donors (Lipinski definition) is 1. The molecule has 35 heavy (non-hydrogen) atoms. The SMILES string of the molecule is COc1ccccc1/C=C/C=N/NC(=O)CSc1nnc(-c2ccc(Br)cc2)n1-c1ccccc1. The number of methoxy groups -OCH3 is 1. The first-order valence-electron chi connectivity index (χ1n) is 10.7. The Morgan fingerprint density at radius 2 is 1.80 bits per heavy atom. The van der Waals surface area contributed by atoms with Gasteiger partial charge in [-0.1, -0.05) is 76.2 Å². The van der Waals surface area contributed by atoms with Crippen molar-refractivity contribution >= 4 is 45.9 Å². The van der Waals surface area contributed by atoms with Gasteiger partial charge in [0, 0.05) is 27.5 Å². The summed E-state index contributed by atoms with van der Waals surface area (Å²) >= 11 is 4.76. The molecule has 0 radical (unpaired) electrons. The lowest BCUT2D eigenvalue weighted by Gasteiger charge is -2.10. The summed E-state index contributed by atoms with van der Waals surface area (Å²) in [6.45, 7) is 0. The molecule has 4 rings (SSSR count). The molecule has 9 heteroatoms. The van der Waals surface area contributed by atoms with Gasteiger partial charge in [-0.3, -0.25) is 9.36 Å². The van der Waals surface area contributed by atoms with E-state index < -0.39 is 0 Å². The van der Waals surface area contributed by atoms with E-state index in [0.717, 1.165) is 27.0 Å². The van der Waals surface area contributed by atoms with E-state index in [4.69, 9.17) is 4.74 Å². The quantitative estimate of drug-likeness (QED) is 0.167. The lowest BCUT2D eigenvalue weighted by atomic mass is 10.2. The molecule has 1 heterocycles. The molecule has 0 unspecified atom stereocenters. The summed E-state index contributed by atoms with van der Waals surface area (Å²) in [5, 5.41) is 13.3. The first-order chi connectivity index (χ1) is 17.2. The Morgan fingerprint density at radius 3 is 2.57 bits per heavy atom. The minimum atomic E-state index is -0.246. The number of amides is 1. The van der Waals surface area contributed by atoms with E-state index in [1.165, 1.54) is 18.0 Å². The van der Waals surface area contributed by atoms with E-state index in [0.29, 0.717) is 11.0 Å². The Hall–Kier alpha value is -3.69. The van der Waals surface area contributed by atoms with Crippen LogP contribution in [-0.4, -0.2) is 39.7 Å². The van der Waals surface area contributed by atoms with Crippen molar-refractivity contribution in [3.63, 3.8) is 0 Å². The van der Waals surface area contributed by atoms with Crippen LogP contribution in [-0.2, 0) is 4.79 Å². The highest BCUT2D eigenvalue weighted by Gasteiger charge is 2.17. The standard InChI is InChI=1S/C26H22BrN5O2S/c1-34-23-12-6-5-8-19(23)9-7-17-28-29-24(33)18-35-26-31-30-25(20-13-15-21(27)16-14-20)32(26)22-10-3-2-4-11-22/h2-17H,18H2,1H3,(H,29,33)/b9-7+,28-17+. The smallest absolute Gasteiger partial charge is 0.250 e. The number of thioether (sulfide) groups is 1. The van der Waals surface area contributed by atoms with Gasteiger partial charge in [-0.25, -0.2) is 5.43 Å². The predicted octanol–water partition coefficient (Wildman–Crippen LogP) is 5.61. The molecule has 176 valence electrons. The number of ether oxygens (including phenoxy) is 1. The first-order valence-corrected chi connectivity index (χ1v) is 12.4. The summed E-state index contributed by atoms with van der Waals surface area (Å²) in [6, 6.07) is 25.3. The number of rotatable bonds is 9. The minimum Gasteiger partial charge on any atom is -0.496 e. The van der Waals surface area contributed by atoms with Crippen molar-refractivity contribution in [1.29, 1.82) is 0 Å². The summed E-state index contributed by atoms with van der Waals surface area (Å²) < 4.78 is 8.24. The molecule has 4 aromatic rings. The normalized spacial score (nSPS) is 11.3. The molecule has 1 aromatic heterocycles. The van der Waals surface area contributed by atoms with Crippen LogP contribution < -0.4 is 10.2 Å². The minimum absolute atomic E-state index is 0.138. The van der Waals surface area contributed by atoms with Crippen LogP contribution in [0, 0.1) is 0 Å². The maximum absolute atomic E-state index is 12.4. The second-order valence-corrected chi connectivity index (χ2v) is 9.05. The molecule has 0 aliphatic heterocycles. The molecule has 0 aliphatic carbocycles. The Kier molecular flexibility index (Phi) is 8.48. The number of carbonyl (C=O) groups is 1. The molecule has 0 fully saturated rings. The van der Waals surface area contributed by atoms with Crippen molar-refractivity contribution < 1.29 is 9.53 Å². The van der Waals surface area contributed by atoms with Gasteiger partial charge in [0.25, 0.3) is 5.91 Å². The molecular weight excluding hydrogens is 526 g/mol. The van der Waals surface area contributed by atoms with E-state index >= 15 is 0 Å². The van der Waals surface area contributed by atoms with Gasteiger partial charge in [-0.15, -0.1) is 10.2 Å². The van der Waals surface area contributed by atoms with Gasteiger partial charge in [0.15, 0.2) is 11.0 Å². The van der Waals surface area contributed by atoms with Crippen molar-refractivity contribution in [2.75, 3.05) is 12.9 Å². The van der Waals surface area contributed by atoms with Crippen LogP contribution in [0.15, 0.2) is 99.7 Å². The molecule has 0 saturated heterocycles. The average molecular weight is 548 g/mol. The number of nitrogens with zero attached hydrogens (tertiary/aromatic N) is 4. The maximum Gasteiger partial charge on any atom is 0.250 e. The number of hydrazone groups is 1. The fraction of sp³-hybridized carbons (Fsp3) is 0.0769. The largest absolute Gasteiger partial charge is 0.496 e. The van der Waals surface area contributed by atoms with Gasteiger partial charge in [0.05, 0.1) is 12.9 Å². The van der Waals surface area contributed by atoms with Crippen LogP contribution in [0.25, 0.3) is 23.2 Å². The number of para-hydroxylation sites is 2. The average Bonchev–Trinajstić information content (AvgIpc) is 3.32. The molecular formula is C26H22BrN5O2S. The van der Waals surface area contributed by atoms with Crippen LogP contribution in [0.5, 0.6) is 5.75 Å². The number of allylic oxidation sites excluding steroid dienone is 1. The summed E-state index contributed by atoms with van der Waals surface area (Å²) in [5.41, 5.74) is 5.30. The number of benzene rings is 3. The van der Waals surface area contributed by atoms with E-state index in [1.54, 1.807) is 13.2 Å². The van der Waals surface area contributed by atoms with E-state index in [-0.39, 0.29) is 11.7 Å². The summed E-state index contributed by atoms with van der Waals surface area (Å²) in [7, 11) is 1.62. The van der Waals surface area contributed by atoms with Crippen molar-refractivity contribution in [3.05, 3.63) is 95.0 Å². The van der Waals surface area contributed by atoms with Gasteiger partial charge in [-0.2, -0.15) is 5.10 Å². The summed E-state index contributed by atoms with van der Waals surface area (Å²) in [5.74, 6) is 1.36. The Bertz CT molecular complexity index is 1340. The summed E-state index contributed by atoms with van der Waals surface area (Å²) in [6.07, 6.45) is 5.12. The number of aromatic nitrogens is 3. The number of nitrogens with one attached hydrogen (secondary N) is 1. The van der Waals surface area contributed by atoms with Gasteiger partial charge < -0.3 is 4.74 Å². The topological polar surface area (TPSA) is 81.4 Å². The van der Waals surface area contributed by atoms with Gasteiger partial charge >= 0.3 is 0 Å². The first kappa shape index (κ1) is 24.4. The van der Waals surface area contributed by atoms with E-state index in [2.05, 4.69) is 36.7 Å². The molecule has 3 aromatic carbocycles. The van der Waals surface area contributed by atoms with Crippen molar-refractivity contribution in [1.82, 2.24) is 20.2 Å². The predicted molar refractivity (Wildman–Crippen MR) is 144 cm³/mol. The maximum atomic E-state index is 12.4. The molecule has 0 bridgehead atoms. The fourth-order valence-electron chi connectivity index (χ4n) is 3.22. The number of halogens is 1. The molecule has 0 atom stereocenters. The lowest BCUT2D eigenvalue weighted by Crippen LogP contribution is -2.19. The zero-order valence-electron chi connectivity index (χ0n) is 18.8. The second-order valence-electron chi connectivity index (χ2n) is 7.19. The number of carbonyl (C=O) groups excluding carboxylic acids is 1. The fourth-order valence-corrected chi connectivity index (χ4v) is 4.23. The van der Waals surface area contributed by atoms with Crippen molar-refractivity contribution in [2.24, 2.45) is 5.10 Å². The van der Waals surface area contributed by atoms with Crippen LogP contribution in [0.2, 0.25) is 0 Å². The molecule has 0 aliphatic rings. The van der Waals surface area contributed by atoms with E-state index in [1.807, 2.05) is 89.5 Å². The van der Waals surface area contributed by atoms with Crippen molar-refractivity contribution in [2.45, 2.75) is 5.16 Å². The molecule has 0 spiro atoms. The highest BCUT2D eigenvalue weighted by Crippen LogP contribution is 2.28. The van der Waals surface area contributed by atoms with Crippen LogP contribution in [0.3, 0.4) is 0 Å². The van der Waals surface area contributed by atoms with Gasteiger partial charge in [0.1, 0.15) is 5.75 Å². The highest BCUT2D eigenvalue weighted by molar-refractivity contribution is 9.10. The number of hydrogen-bond acceptors (Lipinski definition) is 6. The lowest BCUT2D eigenvalue weighted by molar-refractivity contribution is -0.118. The molecule has 1 amide bonds. The van der Waals surface area contributed by atoms with Gasteiger partial charge in [-0.05, 0) is 42.5 Å². The van der Waals surface area contributed by atoms with E-state index in [9.17, 15) is 4.79 Å².